The van der Waals surface area contributed by atoms with Crippen LogP contribution in [0.4, 0.5) is 13.2 Å². The number of rotatable bonds is 6. The molecule has 2 amide bonds. The minimum absolute atomic E-state index is 0.00561. The predicted octanol–water partition coefficient (Wildman–Crippen LogP) is 3.31. The van der Waals surface area contributed by atoms with Crippen LogP contribution in [0.3, 0.4) is 0 Å². The number of hydrogen-bond donors (Lipinski definition) is 1. The molecule has 2 saturated carbocycles. The van der Waals surface area contributed by atoms with Gasteiger partial charge in [0, 0.05) is 36.5 Å². The van der Waals surface area contributed by atoms with Gasteiger partial charge in [-0.15, -0.1) is 0 Å². The molecule has 37 heavy (non-hydrogen) atoms. The number of Topliss-reactive ketones (excluding diaryl/α,β-unsaturated/α-hetero) is 1. The average Bonchev–Trinajstić information content (AvgIpc) is 3.74. The number of nitrogens with zero attached hydrogens (tertiary/aromatic N) is 4. The topological polar surface area (TPSA) is 97.2 Å². The molecule has 1 saturated heterocycles. The highest BCUT2D eigenvalue weighted by Crippen LogP contribution is 2.49. The fourth-order valence-corrected chi connectivity index (χ4v) is 5.61. The second kappa shape index (κ2) is 8.39. The van der Waals surface area contributed by atoms with Gasteiger partial charge in [0.1, 0.15) is 18.3 Å². The van der Waals surface area contributed by atoms with Gasteiger partial charge in [-0.25, -0.2) is 0 Å². The van der Waals surface area contributed by atoms with Gasteiger partial charge < -0.3 is 10.2 Å². The van der Waals surface area contributed by atoms with Gasteiger partial charge in [0.05, 0.1) is 17.3 Å². The van der Waals surface area contributed by atoms with Crippen LogP contribution >= 0.6 is 0 Å². The second-order valence-electron chi connectivity index (χ2n) is 10.2. The third kappa shape index (κ3) is 4.25. The summed E-state index contributed by atoms with van der Waals surface area (Å²) in [7, 11) is 0. The number of aromatic nitrogens is 3. The van der Waals surface area contributed by atoms with Crippen molar-refractivity contribution in [2.45, 2.75) is 63.0 Å². The molecule has 11 heteroatoms. The number of carbonyl (C=O) groups is 3. The lowest BCUT2D eigenvalue weighted by Crippen LogP contribution is -2.49. The Hall–Kier alpha value is -3.76. The molecule has 3 fully saturated rings. The Morgan fingerprint density at radius 2 is 1.95 bits per heavy atom. The number of pyridine rings is 1. The highest BCUT2D eigenvalue weighted by atomic mass is 19.4. The highest BCUT2D eigenvalue weighted by molar-refractivity contribution is 6.04. The number of alkyl halides is 3. The maximum atomic E-state index is 13.4. The van der Waals surface area contributed by atoms with E-state index in [0.29, 0.717) is 29.3 Å². The molecule has 8 nitrogen and oxygen atoms in total. The van der Waals surface area contributed by atoms with Gasteiger partial charge in [0.2, 0.25) is 11.8 Å². The monoisotopic (exact) mass is 511 g/mol. The molecule has 5 atom stereocenters. The molecule has 6 rings (SSSR count). The molecule has 0 spiro atoms. The molecular weight excluding hydrogens is 487 g/mol. The zero-order chi connectivity index (χ0) is 26.1. The minimum atomic E-state index is -4.42. The van der Waals surface area contributed by atoms with E-state index in [1.165, 1.54) is 17.7 Å². The lowest BCUT2D eigenvalue weighted by Gasteiger charge is -2.27. The molecule has 0 radical (unpaired) electrons. The molecule has 2 unspecified atom stereocenters. The van der Waals surface area contributed by atoms with Crippen molar-refractivity contribution in [1.29, 1.82) is 0 Å². The average molecular weight is 512 g/mol. The maximum absolute atomic E-state index is 13.4. The molecule has 2 aliphatic carbocycles. The molecule has 1 aromatic carbocycles. The van der Waals surface area contributed by atoms with Gasteiger partial charge in [-0.2, -0.15) is 18.3 Å². The highest BCUT2D eigenvalue weighted by Gasteiger charge is 2.56. The number of amides is 2. The van der Waals surface area contributed by atoms with Gasteiger partial charge in [-0.05, 0) is 42.9 Å². The number of likely N-dealkylation sites (tertiary alicyclic amines) is 1. The Kier molecular flexibility index (Phi) is 5.36. The zero-order valence-electron chi connectivity index (χ0n) is 19.9. The zero-order valence-corrected chi connectivity index (χ0v) is 19.9. The number of hydrogen-bond acceptors (Lipinski definition) is 5. The Labute approximate surface area is 209 Å². The largest absolute Gasteiger partial charge is 0.416 e. The van der Waals surface area contributed by atoms with Gasteiger partial charge >= 0.3 is 6.18 Å². The SMILES string of the molecule is CC(=O)c1nn(CC(=O)N2[C@@H]3C[C@@H]3C[C@H]2C(=O)NC2CC2c2cccc(C(F)(F)F)c2)c2cnccc12. The lowest BCUT2D eigenvalue weighted by molar-refractivity contribution is -0.140. The van der Waals surface area contributed by atoms with Crippen LogP contribution in [-0.2, 0) is 22.3 Å². The maximum Gasteiger partial charge on any atom is 0.416 e. The molecule has 2 aromatic heterocycles. The van der Waals surface area contributed by atoms with Crippen LogP contribution in [0.1, 0.15) is 53.7 Å². The van der Waals surface area contributed by atoms with E-state index in [-0.39, 0.29) is 53.8 Å². The van der Waals surface area contributed by atoms with Crippen molar-refractivity contribution in [2.24, 2.45) is 5.92 Å². The van der Waals surface area contributed by atoms with Crippen LogP contribution in [0, 0.1) is 5.92 Å². The van der Waals surface area contributed by atoms with Crippen molar-refractivity contribution < 1.29 is 27.6 Å². The van der Waals surface area contributed by atoms with E-state index in [4.69, 9.17) is 0 Å². The van der Waals surface area contributed by atoms with E-state index >= 15 is 0 Å². The van der Waals surface area contributed by atoms with Gasteiger partial charge in [-0.3, -0.25) is 24.0 Å². The first-order valence-electron chi connectivity index (χ1n) is 12.2. The van der Waals surface area contributed by atoms with Crippen molar-refractivity contribution in [1.82, 2.24) is 25.0 Å². The summed E-state index contributed by atoms with van der Waals surface area (Å²) in [6, 6.07) is 5.98. The van der Waals surface area contributed by atoms with Crippen molar-refractivity contribution in [2.75, 3.05) is 0 Å². The molecular formula is C26H24F3N5O3. The summed E-state index contributed by atoms with van der Waals surface area (Å²) in [5, 5.41) is 7.90. The van der Waals surface area contributed by atoms with Gasteiger partial charge in [-0.1, -0.05) is 18.2 Å². The molecule has 3 aromatic rings. The molecule has 192 valence electrons. The number of halogens is 3. The third-order valence-electron chi connectivity index (χ3n) is 7.63. The Morgan fingerprint density at radius 3 is 2.70 bits per heavy atom. The fraction of sp³-hybridized carbons (Fsp3) is 0.423. The van der Waals surface area contributed by atoms with E-state index in [1.54, 1.807) is 29.4 Å². The second-order valence-corrected chi connectivity index (χ2v) is 10.2. The first-order valence-corrected chi connectivity index (χ1v) is 12.2. The summed E-state index contributed by atoms with van der Waals surface area (Å²) in [5.74, 6) is -0.681. The standard InChI is InChI=1S/C26H24F3N5O3/c1-13(35)24-17-5-6-30-11-22(17)33(32-24)12-23(36)34-20-8-15(20)9-21(34)25(37)31-19-10-18(19)14-3-2-4-16(7-14)26(27,28)29/h2-7,11,15,18-21H,8-10,12H2,1H3,(H,31,37)/t15-,18?,19?,20-,21+/m1/s1. The summed E-state index contributed by atoms with van der Waals surface area (Å²) < 4.78 is 40.7. The summed E-state index contributed by atoms with van der Waals surface area (Å²) in [4.78, 5) is 44.3. The molecule has 0 bridgehead atoms. The van der Waals surface area contributed by atoms with Crippen molar-refractivity contribution in [3.05, 3.63) is 59.5 Å². The van der Waals surface area contributed by atoms with Crippen molar-refractivity contribution in [3.63, 3.8) is 0 Å². The summed E-state index contributed by atoms with van der Waals surface area (Å²) in [6.45, 7) is 1.28. The Morgan fingerprint density at radius 1 is 1.14 bits per heavy atom. The normalized spacial score (nSPS) is 26.2. The quantitative estimate of drug-likeness (QED) is 0.513. The van der Waals surface area contributed by atoms with E-state index < -0.39 is 17.8 Å². The first-order chi connectivity index (χ1) is 17.6. The van der Waals surface area contributed by atoms with E-state index in [2.05, 4.69) is 15.4 Å². The van der Waals surface area contributed by atoms with Crippen LogP contribution in [0.2, 0.25) is 0 Å². The van der Waals surface area contributed by atoms with Crippen molar-refractivity contribution >= 4 is 28.5 Å². The molecule has 3 aliphatic rings. The van der Waals surface area contributed by atoms with Gasteiger partial charge in [0.25, 0.3) is 0 Å². The predicted molar refractivity (Wildman–Crippen MR) is 125 cm³/mol. The number of benzene rings is 1. The van der Waals surface area contributed by atoms with Crippen LogP contribution in [0.25, 0.3) is 10.9 Å². The summed E-state index contributed by atoms with van der Waals surface area (Å²) in [6.07, 6.45) is 0.645. The first kappa shape index (κ1) is 23.6. The van der Waals surface area contributed by atoms with E-state index in [1.807, 2.05) is 0 Å². The smallest absolute Gasteiger partial charge is 0.351 e. The molecule has 1 aliphatic heterocycles. The number of nitrogens with one attached hydrogen (secondary N) is 1. The number of ketones is 1. The number of carbonyl (C=O) groups excluding carboxylic acids is 3. The fourth-order valence-electron chi connectivity index (χ4n) is 5.61. The van der Waals surface area contributed by atoms with Crippen LogP contribution in [-0.4, -0.2) is 55.4 Å². The van der Waals surface area contributed by atoms with Crippen LogP contribution in [0.5, 0.6) is 0 Å². The van der Waals surface area contributed by atoms with E-state index in [9.17, 15) is 27.6 Å². The lowest BCUT2D eigenvalue weighted by atomic mass is 10.1. The number of piperidine rings is 1. The minimum Gasteiger partial charge on any atom is -0.351 e. The molecule has 1 N–H and O–H groups in total. The van der Waals surface area contributed by atoms with Crippen LogP contribution in [0.15, 0.2) is 42.7 Å². The molecule has 3 heterocycles. The summed E-state index contributed by atoms with van der Waals surface area (Å²) >= 11 is 0. The number of fused-ring (bicyclic) bond motifs is 2. The van der Waals surface area contributed by atoms with E-state index in [0.717, 1.165) is 18.6 Å². The van der Waals surface area contributed by atoms with Crippen molar-refractivity contribution in [3.8, 4) is 0 Å². The summed E-state index contributed by atoms with van der Waals surface area (Å²) in [5.41, 5.74) is 0.668. The van der Waals surface area contributed by atoms with Crippen LogP contribution < -0.4 is 5.32 Å². The Balaban J connectivity index is 1.15. The van der Waals surface area contributed by atoms with Gasteiger partial charge in [0.15, 0.2) is 5.78 Å². The third-order valence-corrected chi connectivity index (χ3v) is 7.63. The Bertz CT molecular complexity index is 1430.